The molecule has 2 N–H and O–H groups in total. The fourth-order valence-corrected chi connectivity index (χ4v) is 2.90. The minimum atomic E-state index is -0.783. The molecule has 0 saturated carbocycles. The van der Waals surface area contributed by atoms with Gasteiger partial charge < -0.3 is 10.1 Å². The number of nitrogens with zero attached hydrogens (tertiary/aromatic N) is 2. The van der Waals surface area contributed by atoms with Crippen LogP contribution in [0.2, 0.25) is 0 Å². The predicted molar refractivity (Wildman–Crippen MR) is 90.5 cm³/mol. The lowest BCUT2D eigenvalue weighted by molar-refractivity contribution is -0.144. The Morgan fingerprint density at radius 2 is 2.08 bits per heavy atom. The van der Waals surface area contributed by atoms with Crippen LogP contribution in [0.1, 0.15) is 53.0 Å². The summed E-state index contributed by atoms with van der Waals surface area (Å²) in [5.41, 5.74) is 4.00. The van der Waals surface area contributed by atoms with E-state index < -0.39 is 17.9 Å². The van der Waals surface area contributed by atoms with Gasteiger partial charge in [0.25, 0.3) is 11.3 Å². The summed E-state index contributed by atoms with van der Waals surface area (Å²) in [6.45, 7) is 3.76. The fraction of sp³-hybridized carbons (Fsp3) is 0.471. The molecule has 0 spiro atoms. The first-order chi connectivity index (χ1) is 11.9. The zero-order chi connectivity index (χ0) is 18.6. The molecule has 8 nitrogen and oxygen atoms in total. The number of methoxy groups -OCH3 is 1. The number of hydrogen-bond donors (Lipinski definition) is 2. The first kappa shape index (κ1) is 18.4. The topological polar surface area (TPSA) is 113 Å². The maximum atomic E-state index is 12.8. The lowest BCUT2D eigenvalue weighted by atomic mass is 9.97. The summed E-state index contributed by atoms with van der Waals surface area (Å²) in [5.74, 6) is -1.17. The number of rotatable bonds is 6. The van der Waals surface area contributed by atoms with Crippen LogP contribution in [0.3, 0.4) is 0 Å². The summed E-state index contributed by atoms with van der Waals surface area (Å²) in [5, 5.41) is 14.2. The van der Waals surface area contributed by atoms with Crippen LogP contribution in [-0.2, 0) is 16.0 Å². The Hall–Kier alpha value is -2.95. The van der Waals surface area contributed by atoms with Gasteiger partial charge in [0.05, 0.1) is 7.11 Å². The van der Waals surface area contributed by atoms with Gasteiger partial charge in [-0.2, -0.15) is 0 Å². The first-order valence-electron chi connectivity index (χ1n) is 8.11. The number of carbonyl (C=O) groups excluding carboxylic acids is 3. The Balaban J connectivity index is 2.38. The quantitative estimate of drug-likeness (QED) is 0.465. The molecule has 25 heavy (non-hydrogen) atoms. The summed E-state index contributed by atoms with van der Waals surface area (Å²) >= 11 is 0. The maximum absolute atomic E-state index is 12.8. The summed E-state index contributed by atoms with van der Waals surface area (Å²) < 4.78 is 4.78. The second kappa shape index (κ2) is 7.75. The lowest BCUT2D eigenvalue weighted by Gasteiger charge is -2.22. The largest absolute Gasteiger partial charge is 0.467 e. The molecular formula is C17H21N4O4+. The minimum absolute atomic E-state index is 0.0721. The third kappa shape index (κ3) is 3.76. The first-order valence-corrected chi connectivity index (χ1v) is 8.11. The molecule has 8 heteroatoms. The van der Waals surface area contributed by atoms with Crippen molar-refractivity contribution in [3.05, 3.63) is 33.9 Å². The van der Waals surface area contributed by atoms with Crippen molar-refractivity contribution in [3.8, 4) is 0 Å². The van der Waals surface area contributed by atoms with Crippen LogP contribution in [0.4, 0.5) is 5.69 Å². The molecule has 0 radical (unpaired) electrons. The number of anilines is 1. The summed E-state index contributed by atoms with van der Waals surface area (Å²) in [6.07, 6.45) is 1.46. The Morgan fingerprint density at radius 3 is 2.68 bits per heavy atom. The molecule has 1 aliphatic rings. The van der Waals surface area contributed by atoms with E-state index >= 15 is 0 Å². The van der Waals surface area contributed by atoms with Gasteiger partial charge in [0.1, 0.15) is 11.7 Å². The van der Waals surface area contributed by atoms with Gasteiger partial charge >= 0.3 is 11.1 Å². The molecular weight excluding hydrogens is 324 g/mol. The molecule has 0 fully saturated rings. The smallest absolute Gasteiger partial charge is 0.328 e. The Kier molecular flexibility index (Phi) is 5.70. The normalized spacial score (nSPS) is 14.9. The number of esters is 1. The van der Waals surface area contributed by atoms with E-state index in [1.54, 1.807) is 6.07 Å². The van der Waals surface area contributed by atoms with E-state index in [0.29, 0.717) is 36.1 Å². The monoisotopic (exact) mass is 345 g/mol. The van der Waals surface area contributed by atoms with Gasteiger partial charge in [0.15, 0.2) is 5.78 Å². The SMILES string of the molecule is CC[C@H](C)[C@H](NC(=O)c1cc(N[N+]#N)cc2c1CCC2=O)C(=O)OC. The van der Waals surface area contributed by atoms with Gasteiger partial charge in [-0.1, -0.05) is 20.3 Å². The third-order valence-corrected chi connectivity index (χ3v) is 4.53. The highest BCUT2D eigenvalue weighted by molar-refractivity contribution is 6.07. The molecule has 2 rings (SSSR count). The average Bonchev–Trinajstić information content (AvgIpc) is 2.99. The van der Waals surface area contributed by atoms with Crippen LogP contribution >= 0.6 is 0 Å². The van der Waals surface area contributed by atoms with Crippen molar-refractivity contribution in [2.75, 3.05) is 12.5 Å². The third-order valence-electron chi connectivity index (χ3n) is 4.53. The number of ketones is 1. The fourth-order valence-electron chi connectivity index (χ4n) is 2.90. The summed E-state index contributed by atoms with van der Waals surface area (Å²) in [7, 11) is 1.27. The van der Waals surface area contributed by atoms with Gasteiger partial charge in [-0.05, 0) is 35.5 Å². The zero-order valence-corrected chi connectivity index (χ0v) is 14.5. The molecule has 0 saturated heterocycles. The van der Waals surface area contributed by atoms with Crippen LogP contribution in [0.15, 0.2) is 12.1 Å². The van der Waals surface area contributed by atoms with Crippen LogP contribution in [0, 0.1) is 11.3 Å². The van der Waals surface area contributed by atoms with E-state index in [2.05, 4.69) is 15.8 Å². The highest BCUT2D eigenvalue weighted by atomic mass is 16.5. The van der Waals surface area contributed by atoms with E-state index in [1.165, 1.54) is 13.2 Å². The summed E-state index contributed by atoms with van der Waals surface area (Å²) in [6, 6.07) is 2.26. The molecule has 1 aromatic carbocycles. The van der Waals surface area contributed by atoms with E-state index in [1.807, 2.05) is 13.8 Å². The zero-order valence-electron chi connectivity index (χ0n) is 14.5. The highest BCUT2D eigenvalue weighted by Gasteiger charge is 2.31. The molecule has 0 bridgehead atoms. The molecule has 1 aromatic rings. The number of amides is 1. The standard InChI is InChI=1S/C17H20N4O4/c1-4-9(2)15(17(24)25-3)19-16(23)13-8-10(20-21-18)7-12-11(13)5-6-14(12)22/h7-9,15,20H,4-6H2,1-3H3/p+1/t9-,15-/m0/s1. The number of Topliss-reactive ketones (excluding diaryl/α,β-unsaturated/α-hetero) is 1. The van der Waals surface area contributed by atoms with Gasteiger partial charge in [0, 0.05) is 17.5 Å². The number of diazo groups is 1. The highest BCUT2D eigenvalue weighted by Crippen LogP contribution is 2.29. The van der Waals surface area contributed by atoms with Crippen molar-refractivity contribution in [1.29, 1.82) is 5.39 Å². The van der Waals surface area contributed by atoms with E-state index in [9.17, 15) is 14.4 Å². The second-order valence-corrected chi connectivity index (χ2v) is 6.04. The second-order valence-electron chi connectivity index (χ2n) is 6.04. The molecule has 0 aromatic heterocycles. The van der Waals surface area contributed by atoms with Crippen molar-refractivity contribution < 1.29 is 19.1 Å². The Morgan fingerprint density at radius 1 is 1.36 bits per heavy atom. The predicted octanol–water partition coefficient (Wildman–Crippen LogP) is 2.31. The van der Waals surface area contributed by atoms with Crippen molar-refractivity contribution in [3.63, 3.8) is 0 Å². The van der Waals surface area contributed by atoms with Gasteiger partial charge in [-0.15, -0.1) is 0 Å². The van der Waals surface area contributed by atoms with Crippen molar-refractivity contribution >= 4 is 23.3 Å². The van der Waals surface area contributed by atoms with E-state index in [-0.39, 0.29) is 17.3 Å². The van der Waals surface area contributed by atoms with Crippen molar-refractivity contribution in [2.45, 2.75) is 39.2 Å². The minimum Gasteiger partial charge on any atom is -0.467 e. The van der Waals surface area contributed by atoms with Gasteiger partial charge in [0.2, 0.25) is 0 Å². The lowest BCUT2D eigenvalue weighted by Crippen LogP contribution is -2.45. The van der Waals surface area contributed by atoms with E-state index in [4.69, 9.17) is 10.1 Å². The number of hydrogen-bond acceptors (Lipinski definition) is 6. The maximum Gasteiger partial charge on any atom is 0.328 e. The summed E-state index contributed by atoms with van der Waals surface area (Å²) in [4.78, 5) is 36.8. The van der Waals surface area contributed by atoms with Crippen molar-refractivity contribution in [1.82, 2.24) is 5.32 Å². The molecule has 1 amide bonds. The molecule has 2 atom stereocenters. The van der Waals surface area contributed by atoms with Crippen LogP contribution < -0.4 is 10.7 Å². The molecule has 132 valence electrons. The molecule has 1 aliphatic carbocycles. The number of fused-ring (bicyclic) bond motifs is 1. The van der Waals surface area contributed by atoms with Crippen LogP contribution in [0.25, 0.3) is 5.08 Å². The Labute approximate surface area is 145 Å². The van der Waals surface area contributed by atoms with Crippen molar-refractivity contribution in [2.24, 2.45) is 5.92 Å². The van der Waals surface area contributed by atoms with Crippen LogP contribution in [-0.4, -0.2) is 30.8 Å². The van der Waals surface area contributed by atoms with Crippen LogP contribution in [0.5, 0.6) is 0 Å². The Bertz CT molecular complexity index is 754. The van der Waals surface area contributed by atoms with E-state index in [0.717, 1.165) is 0 Å². The number of benzene rings is 1. The number of carbonyl (C=O) groups is 3. The molecule has 0 aliphatic heterocycles. The molecule has 0 heterocycles. The number of nitrogens with one attached hydrogen (secondary N) is 2. The molecule has 0 unspecified atom stereocenters. The van der Waals surface area contributed by atoms with Gasteiger partial charge in [-0.3, -0.25) is 9.59 Å². The van der Waals surface area contributed by atoms with Gasteiger partial charge in [-0.25, -0.2) is 4.79 Å². The average molecular weight is 345 g/mol. The number of ether oxygens (including phenoxy) is 1.